The Morgan fingerprint density at radius 1 is 1.40 bits per heavy atom. The molecule has 0 atom stereocenters. The standard InChI is InChI=1S/C14H19FN2O3/c1-10(2)9-17(8-7-13(18)20-3)14(19)11-5-4-6-12(15)16-11/h4-6,10H,7-9H2,1-3H3. The normalized spacial score (nSPS) is 10.4. The van der Waals surface area contributed by atoms with Gasteiger partial charge in [-0.25, -0.2) is 4.98 Å². The van der Waals surface area contributed by atoms with E-state index >= 15 is 0 Å². The fourth-order valence-corrected chi connectivity index (χ4v) is 1.73. The van der Waals surface area contributed by atoms with Crippen LogP contribution in [0.4, 0.5) is 4.39 Å². The second-order valence-electron chi connectivity index (χ2n) is 4.82. The van der Waals surface area contributed by atoms with E-state index in [1.54, 1.807) is 0 Å². The van der Waals surface area contributed by atoms with Gasteiger partial charge in [0.2, 0.25) is 5.95 Å². The minimum absolute atomic E-state index is 0.0375. The molecular weight excluding hydrogens is 263 g/mol. The summed E-state index contributed by atoms with van der Waals surface area (Å²) in [4.78, 5) is 28.5. The molecule has 0 radical (unpaired) electrons. The molecule has 0 saturated heterocycles. The molecule has 0 saturated carbocycles. The van der Waals surface area contributed by atoms with Crippen LogP contribution in [0.15, 0.2) is 18.2 Å². The van der Waals surface area contributed by atoms with E-state index in [4.69, 9.17) is 0 Å². The molecule has 5 nitrogen and oxygen atoms in total. The van der Waals surface area contributed by atoms with Crippen LogP contribution in [0.2, 0.25) is 0 Å². The molecule has 0 N–H and O–H groups in total. The van der Waals surface area contributed by atoms with Crippen LogP contribution in [0, 0.1) is 11.9 Å². The van der Waals surface area contributed by atoms with Gasteiger partial charge in [0.15, 0.2) is 0 Å². The summed E-state index contributed by atoms with van der Waals surface area (Å²) < 4.78 is 17.6. The van der Waals surface area contributed by atoms with Gasteiger partial charge in [-0.1, -0.05) is 19.9 Å². The molecule has 0 aromatic carbocycles. The van der Waals surface area contributed by atoms with Gasteiger partial charge in [0.1, 0.15) is 5.69 Å². The van der Waals surface area contributed by atoms with Crippen molar-refractivity contribution in [1.82, 2.24) is 9.88 Å². The number of aromatic nitrogens is 1. The number of hydrogen-bond acceptors (Lipinski definition) is 4. The molecule has 1 aromatic rings. The van der Waals surface area contributed by atoms with Crippen LogP contribution in [0.25, 0.3) is 0 Å². The lowest BCUT2D eigenvalue weighted by atomic mass is 10.2. The molecule has 1 aromatic heterocycles. The van der Waals surface area contributed by atoms with Gasteiger partial charge in [0, 0.05) is 13.1 Å². The monoisotopic (exact) mass is 282 g/mol. The first-order valence-corrected chi connectivity index (χ1v) is 6.42. The molecule has 1 rings (SSSR count). The highest BCUT2D eigenvalue weighted by Gasteiger charge is 2.19. The van der Waals surface area contributed by atoms with E-state index in [1.807, 2.05) is 13.8 Å². The predicted octanol–water partition coefficient (Wildman–Crippen LogP) is 1.88. The maximum atomic E-state index is 13.1. The van der Waals surface area contributed by atoms with Gasteiger partial charge >= 0.3 is 5.97 Å². The smallest absolute Gasteiger partial charge is 0.307 e. The molecule has 0 aliphatic carbocycles. The number of carbonyl (C=O) groups excluding carboxylic acids is 2. The van der Waals surface area contributed by atoms with Crippen LogP contribution in [-0.4, -0.2) is 42.0 Å². The summed E-state index contributed by atoms with van der Waals surface area (Å²) in [5, 5.41) is 0. The largest absolute Gasteiger partial charge is 0.469 e. The molecule has 1 amide bonds. The summed E-state index contributed by atoms with van der Waals surface area (Å²) in [6.07, 6.45) is 0.101. The third-order valence-electron chi connectivity index (χ3n) is 2.62. The zero-order chi connectivity index (χ0) is 15.1. The van der Waals surface area contributed by atoms with E-state index in [9.17, 15) is 14.0 Å². The van der Waals surface area contributed by atoms with E-state index < -0.39 is 11.9 Å². The number of amides is 1. The number of halogens is 1. The van der Waals surface area contributed by atoms with Crippen molar-refractivity contribution in [1.29, 1.82) is 0 Å². The summed E-state index contributed by atoms with van der Waals surface area (Å²) in [6, 6.07) is 4.07. The molecule has 6 heteroatoms. The van der Waals surface area contributed by atoms with Crippen molar-refractivity contribution in [2.75, 3.05) is 20.2 Å². The molecule has 0 bridgehead atoms. The number of methoxy groups -OCH3 is 1. The number of hydrogen-bond donors (Lipinski definition) is 0. The van der Waals surface area contributed by atoms with E-state index in [0.717, 1.165) is 0 Å². The average Bonchev–Trinajstić information content (AvgIpc) is 2.41. The number of pyridine rings is 1. The van der Waals surface area contributed by atoms with Crippen molar-refractivity contribution < 1.29 is 18.7 Å². The number of carbonyl (C=O) groups is 2. The summed E-state index contributed by atoms with van der Waals surface area (Å²) in [5.41, 5.74) is 0.0375. The van der Waals surface area contributed by atoms with Crippen molar-refractivity contribution >= 4 is 11.9 Å². The molecule has 0 fully saturated rings. The van der Waals surface area contributed by atoms with E-state index in [2.05, 4.69) is 9.72 Å². The van der Waals surface area contributed by atoms with Gasteiger partial charge < -0.3 is 9.64 Å². The van der Waals surface area contributed by atoms with Gasteiger partial charge in [-0.15, -0.1) is 0 Å². The molecular formula is C14H19FN2O3. The molecule has 110 valence electrons. The van der Waals surface area contributed by atoms with Crippen LogP contribution in [0.3, 0.4) is 0 Å². The van der Waals surface area contributed by atoms with Crippen molar-refractivity contribution in [3.63, 3.8) is 0 Å². The summed E-state index contributed by atoms with van der Waals surface area (Å²) in [6.45, 7) is 4.60. The van der Waals surface area contributed by atoms with Crippen molar-refractivity contribution in [3.05, 3.63) is 29.8 Å². The highest BCUT2D eigenvalue weighted by molar-refractivity contribution is 5.92. The quantitative estimate of drug-likeness (QED) is 0.590. The van der Waals surface area contributed by atoms with Gasteiger partial charge in [0.25, 0.3) is 5.91 Å². The molecule has 0 aliphatic heterocycles. The number of nitrogens with zero attached hydrogens (tertiary/aromatic N) is 2. The van der Waals surface area contributed by atoms with Crippen LogP contribution in [-0.2, 0) is 9.53 Å². The fourth-order valence-electron chi connectivity index (χ4n) is 1.73. The molecule has 0 unspecified atom stereocenters. The highest BCUT2D eigenvalue weighted by Crippen LogP contribution is 2.08. The van der Waals surface area contributed by atoms with Gasteiger partial charge in [-0.05, 0) is 18.1 Å². The van der Waals surface area contributed by atoms with Gasteiger partial charge in [-0.3, -0.25) is 9.59 Å². The van der Waals surface area contributed by atoms with Crippen LogP contribution in [0.5, 0.6) is 0 Å². The SMILES string of the molecule is COC(=O)CCN(CC(C)C)C(=O)c1cccc(F)n1. The van der Waals surface area contributed by atoms with Crippen molar-refractivity contribution in [2.24, 2.45) is 5.92 Å². The third kappa shape index (κ3) is 4.95. The van der Waals surface area contributed by atoms with Crippen LogP contribution in [0.1, 0.15) is 30.8 Å². The Bertz CT molecular complexity index is 477. The third-order valence-corrected chi connectivity index (χ3v) is 2.62. The molecule has 0 aliphatic rings. The Hall–Kier alpha value is -1.98. The molecule has 20 heavy (non-hydrogen) atoms. The summed E-state index contributed by atoms with van der Waals surface area (Å²) in [5.74, 6) is -1.25. The lowest BCUT2D eigenvalue weighted by Gasteiger charge is -2.23. The Balaban J connectivity index is 2.81. The second-order valence-corrected chi connectivity index (χ2v) is 4.82. The Kier molecular flexibility index (Phi) is 6.09. The number of esters is 1. The highest BCUT2D eigenvalue weighted by atomic mass is 19.1. The minimum atomic E-state index is -0.701. The van der Waals surface area contributed by atoms with Crippen LogP contribution >= 0.6 is 0 Å². The topological polar surface area (TPSA) is 59.5 Å². The zero-order valence-corrected chi connectivity index (χ0v) is 11.9. The summed E-state index contributed by atoms with van der Waals surface area (Å²) in [7, 11) is 1.30. The average molecular weight is 282 g/mol. The Morgan fingerprint density at radius 2 is 2.10 bits per heavy atom. The van der Waals surface area contributed by atoms with E-state index in [-0.39, 0.29) is 30.5 Å². The Morgan fingerprint density at radius 3 is 2.65 bits per heavy atom. The van der Waals surface area contributed by atoms with E-state index in [0.29, 0.717) is 6.54 Å². The Labute approximate surface area is 117 Å². The number of ether oxygens (including phenoxy) is 1. The lowest BCUT2D eigenvalue weighted by molar-refractivity contribution is -0.140. The maximum absolute atomic E-state index is 13.1. The molecule has 0 spiro atoms. The number of rotatable bonds is 6. The molecule has 1 heterocycles. The minimum Gasteiger partial charge on any atom is -0.469 e. The zero-order valence-electron chi connectivity index (χ0n) is 11.9. The predicted molar refractivity (Wildman–Crippen MR) is 71.6 cm³/mol. The van der Waals surface area contributed by atoms with Gasteiger partial charge in [-0.2, -0.15) is 4.39 Å². The van der Waals surface area contributed by atoms with Crippen molar-refractivity contribution in [3.8, 4) is 0 Å². The summed E-state index contributed by atoms with van der Waals surface area (Å²) >= 11 is 0. The first kappa shape index (κ1) is 16.1. The maximum Gasteiger partial charge on any atom is 0.307 e. The first-order valence-electron chi connectivity index (χ1n) is 6.42. The van der Waals surface area contributed by atoms with Crippen LogP contribution < -0.4 is 0 Å². The lowest BCUT2D eigenvalue weighted by Crippen LogP contribution is -2.36. The van der Waals surface area contributed by atoms with E-state index in [1.165, 1.54) is 30.2 Å². The first-order chi connectivity index (χ1) is 9.43. The second kappa shape index (κ2) is 7.57. The fraction of sp³-hybridized carbons (Fsp3) is 0.500. The van der Waals surface area contributed by atoms with Gasteiger partial charge in [0.05, 0.1) is 13.5 Å². The van der Waals surface area contributed by atoms with Crippen molar-refractivity contribution in [2.45, 2.75) is 20.3 Å².